The summed E-state index contributed by atoms with van der Waals surface area (Å²) in [4.78, 5) is 8.92. The minimum atomic E-state index is 0.600. The Kier molecular flexibility index (Phi) is 4.32. The lowest BCUT2D eigenvalue weighted by molar-refractivity contribution is 0.860. The molecule has 18 heavy (non-hydrogen) atoms. The lowest BCUT2D eigenvalue weighted by atomic mass is 10.0. The van der Waals surface area contributed by atoms with Gasteiger partial charge in [0.2, 0.25) is 0 Å². The molecule has 0 aliphatic carbocycles. The van der Waals surface area contributed by atoms with Gasteiger partial charge in [-0.25, -0.2) is 9.97 Å². The summed E-state index contributed by atoms with van der Waals surface area (Å²) in [5.74, 6) is 0.827. The Bertz CT molecular complexity index is 524. The first-order valence-electron chi connectivity index (χ1n) is 6.32. The highest BCUT2D eigenvalue weighted by Gasteiger charge is 2.11. The predicted octanol–water partition coefficient (Wildman–Crippen LogP) is 3.85. The molecule has 0 radical (unpaired) electrons. The van der Waals surface area contributed by atoms with Gasteiger partial charge in [-0.1, -0.05) is 55.8 Å². The molecule has 2 rings (SSSR count). The summed E-state index contributed by atoms with van der Waals surface area (Å²) < 4.78 is 0. The molecular formula is C15H17ClN2. The number of rotatable bonds is 4. The van der Waals surface area contributed by atoms with Crippen LogP contribution in [0.5, 0.6) is 0 Å². The third-order valence-electron chi connectivity index (χ3n) is 2.96. The molecule has 1 aromatic carbocycles. The van der Waals surface area contributed by atoms with Crippen molar-refractivity contribution in [1.29, 1.82) is 0 Å². The third-order valence-corrected chi connectivity index (χ3v) is 3.28. The normalized spacial score (nSPS) is 10.6. The van der Waals surface area contributed by atoms with Gasteiger partial charge in [-0.15, -0.1) is 0 Å². The minimum absolute atomic E-state index is 0.600. The van der Waals surface area contributed by atoms with Crippen LogP contribution in [0.1, 0.15) is 36.5 Å². The molecule has 0 aliphatic heterocycles. The molecule has 0 aliphatic rings. The molecular weight excluding hydrogens is 244 g/mol. The number of hydrogen-bond acceptors (Lipinski definition) is 2. The summed E-state index contributed by atoms with van der Waals surface area (Å²) in [7, 11) is 0. The molecule has 0 N–H and O–H groups in total. The second-order valence-corrected chi connectivity index (χ2v) is 4.58. The van der Waals surface area contributed by atoms with E-state index in [1.165, 1.54) is 5.56 Å². The fraction of sp³-hybridized carbons (Fsp3) is 0.333. The summed E-state index contributed by atoms with van der Waals surface area (Å²) in [5.41, 5.74) is 3.36. The molecule has 0 saturated heterocycles. The van der Waals surface area contributed by atoms with Crippen molar-refractivity contribution < 1.29 is 0 Å². The van der Waals surface area contributed by atoms with Crippen LogP contribution >= 0.6 is 11.6 Å². The fourth-order valence-corrected chi connectivity index (χ4v) is 2.25. The van der Waals surface area contributed by atoms with Gasteiger partial charge < -0.3 is 0 Å². The zero-order chi connectivity index (χ0) is 13.0. The van der Waals surface area contributed by atoms with Gasteiger partial charge in [-0.3, -0.25) is 0 Å². The van der Waals surface area contributed by atoms with Crippen molar-refractivity contribution in [3.05, 3.63) is 58.1 Å². The van der Waals surface area contributed by atoms with Crippen molar-refractivity contribution >= 4 is 11.6 Å². The van der Waals surface area contributed by atoms with Crippen LogP contribution in [-0.4, -0.2) is 9.97 Å². The smallest absolute Gasteiger partial charge is 0.136 e. The van der Waals surface area contributed by atoms with Crippen LogP contribution in [0.2, 0.25) is 5.15 Å². The van der Waals surface area contributed by atoms with Crippen LogP contribution < -0.4 is 0 Å². The molecule has 0 fully saturated rings. The molecule has 0 atom stereocenters. The molecule has 1 aromatic heterocycles. The Balaban J connectivity index is 2.38. The molecule has 94 valence electrons. The number of hydrogen-bond donors (Lipinski definition) is 0. The van der Waals surface area contributed by atoms with Gasteiger partial charge in [-0.2, -0.15) is 0 Å². The Morgan fingerprint density at radius 2 is 1.72 bits per heavy atom. The van der Waals surface area contributed by atoms with E-state index in [0.717, 1.165) is 36.3 Å². The largest absolute Gasteiger partial charge is 0.238 e. The van der Waals surface area contributed by atoms with Crippen molar-refractivity contribution in [3.8, 4) is 0 Å². The van der Waals surface area contributed by atoms with E-state index >= 15 is 0 Å². The van der Waals surface area contributed by atoms with E-state index in [2.05, 4.69) is 29.0 Å². The number of halogens is 1. The van der Waals surface area contributed by atoms with E-state index in [1.54, 1.807) is 0 Å². The van der Waals surface area contributed by atoms with E-state index in [4.69, 9.17) is 11.6 Å². The summed E-state index contributed by atoms with van der Waals surface area (Å²) in [6.07, 6.45) is 2.50. The molecule has 0 unspecified atom stereocenters. The third kappa shape index (κ3) is 2.88. The Hall–Kier alpha value is -1.41. The average molecular weight is 261 g/mol. The van der Waals surface area contributed by atoms with Gasteiger partial charge >= 0.3 is 0 Å². The fourth-order valence-electron chi connectivity index (χ4n) is 1.97. The van der Waals surface area contributed by atoms with Gasteiger partial charge in [-0.05, 0) is 12.0 Å². The highest BCUT2D eigenvalue weighted by molar-refractivity contribution is 6.30. The molecule has 0 amide bonds. The summed E-state index contributed by atoms with van der Waals surface area (Å²) >= 11 is 6.29. The van der Waals surface area contributed by atoms with E-state index in [9.17, 15) is 0 Å². The Morgan fingerprint density at radius 3 is 2.33 bits per heavy atom. The van der Waals surface area contributed by atoms with Crippen molar-refractivity contribution in [3.63, 3.8) is 0 Å². The van der Waals surface area contributed by atoms with Crippen LogP contribution in [0.4, 0.5) is 0 Å². The number of aromatic nitrogens is 2. The lowest BCUT2D eigenvalue weighted by Gasteiger charge is -2.10. The molecule has 2 aromatic rings. The van der Waals surface area contributed by atoms with Gasteiger partial charge in [0.15, 0.2) is 0 Å². The maximum absolute atomic E-state index is 6.29. The van der Waals surface area contributed by atoms with Crippen molar-refractivity contribution in [2.45, 2.75) is 33.1 Å². The zero-order valence-corrected chi connectivity index (χ0v) is 11.5. The number of benzene rings is 1. The maximum Gasteiger partial charge on any atom is 0.136 e. The van der Waals surface area contributed by atoms with Gasteiger partial charge in [0, 0.05) is 24.1 Å². The van der Waals surface area contributed by atoms with E-state index in [-0.39, 0.29) is 0 Å². The van der Waals surface area contributed by atoms with Crippen LogP contribution in [0.3, 0.4) is 0 Å². The first-order chi connectivity index (χ1) is 8.74. The highest BCUT2D eigenvalue weighted by atomic mass is 35.5. The van der Waals surface area contributed by atoms with Gasteiger partial charge in [0.1, 0.15) is 11.0 Å². The van der Waals surface area contributed by atoms with Crippen LogP contribution in [0, 0.1) is 0 Å². The Morgan fingerprint density at radius 1 is 1.00 bits per heavy atom. The molecule has 1 heterocycles. The maximum atomic E-state index is 6.29. The first kappa shape index (κ1) is 13.0. The molecule has 0 bridgehead atoms. The van der Waals surface area contributed by atoms with Crippen LogP contribution in [0.25, 0.3) is 0 Å². The predicted molar refractivity (Wildman–Crippen MR) is 75.0 cm³/mol. The molecule has 2 nitrogen and oxygen atoms in total. The zero-order valence-electron chi connectivity index (χ0n) is 10.8. The summed E-state index contributed by atoms with van der Waals surface area (Å²) in [6.45, 7) is 4.15. The standard InChI is InChI=1S/C15H17ClN2/c1-3-13-12(10-11-8-6-5-7-9-11)15(16)18-14(4-2)17-13/h5-9H,3-4,10H2,1-2H3. The SMILES string of the molecule is CCc1nc(Cl)c(Cc2ccccc2)c(CC)n1. The second-order valence-electron chi connectivity index (χ2n) is 4.23. The second kappa shape index (κ2) is 5.96. The van der Waals surface area contributed by atoms with Crippen molar-refractivity contribution in [2.75, 3.05) is 0 Å². The van der Waals surface area contributed by atoms with E-state index < -0.39 is 0 Å². The summed E-state index contributed by atoms with van der Waals surface area (Å²) in [6, 6.07) is 10.3. The molecule has 0 spiro atoms. The monoisotopic (exact) mass is 260 g/mol. The van der Waals surface area contributed by atoms with Crippen LogP contribution in [0.15, 0.2) is 30.3 Å². The highest BCUT2D eigenvalue weighted by Crippen LogP contribution is 2.21. The summed E-state index contributed by atoms with van der Waals surface area (Å²) in [5, 5.41) is 0.600. The first-order valence-corrected chi connectivity index (χ1v) is 6.70. The van der Waals surface area contributed by atoms with Crippen LogP contribution in [-0.2, 0) is 19.3 Å². The van der Waals surface area contributed by atoms with Gasteiger partial charge in [0.05, 0.1) is 0 Å². The number of aryl methyl sites for hydroxylation is 2. The lowest BCUT2D eigenvalue weighted by Crippen LogP contribution is -2.05. The molecule has 0 saturated carbocycles. The van der Waals surface area contributed by atoms with Crippen molar-refractivity contribution in [1.82, 2.24) is 9.97 Å². The topological polar surface area (TPSA) is 25.8 Å². The quantitative estimate of drug-likeness (QED) is 0.781. The van der Waals surface area contributed by atoms with E-state index in [0.29, 0.717) is 5.15 Å². The molecule has 3 heteroatoms. The van der Waals surface area contributed by atoms with E-state index in [1.807, 2.05) is 25.1 Å². The van der Waals surface area contributed by atoms with Gasteiger partial charge in [0.25, 0.3) is 0 Å². The number of nitrogens with zero attached hydrogens (tertiary/aromatic N) is 2. The van der Waals surface area contributed by atoms with Crippen molar-refractivity contribution in [2.24, 2.45) is 0 Å². The average Bonchev–Trinajstić information content (AvgIpc) is 2.42. The Labute approximate surface area is 113 Å². The minimum Gasteiger partial charge on any atom is -0.238 e.